The van der Waals surface area contributed by atoms with E-state index in [1.54, 1.807) is 0 Å². The number of rotatable bonds is 11. The predicted octanol–water partition coefficient (Wildman–Crippen LogP) is 2.88. The maximum absolute atomic E-state index is 10.9. The molecule has 6 heteroatoms. The van der Waals surface area contributed by atoms with Gasteiger partial charge in [0.1, 0.15) is 0 Å². The zero-order chi connectivity index (χ0) is 15.5. The van der Waals surface area contributed by atoms with E-state index in [4.69, 9.17) is 18.6 Å². The average molecular weight is 303 g/mol. The first-order valence-electron chi connectivity index (χ1n) is 6.94. The Morgan fingerprint density at radius 1 is 1.20 bits per heavy atom. The molecule has 1 radical (unpaired) electrons. The summed E-state index contributed by atoms with van der Waals surface area (Å²) in [5.74, 6) is -0.389. The predicted molar refractivity (Wildman–Crippen MR) is 79.5 cm³/mol. The second-order valence-corrected chi connectivity index (χ2v) is 7.09. The molecule has 0 fully saturated rings. The maximum Gasteiger partial charge on any atom is 0.330 e. The van der Waals surface area contributed by atoms with Crippen LogP contribution in [0.5, 0.6) is 0 Å². The van der Waals surface area contributed by atoms with Crippen LogP contribution in [-0.4, -0.2) is 40.3 Å². The van der Waals surface area contributed by atoms with Crippen LogP contribution in [0.25, 0.3) is 0 Å². The number of carbonyl (C=O) groups excluding carboxylic acids is 1. The van der Waals surface area contributed by atoms with E-state index in [9.17, 15) is 4.79 Å². The van der Waals surface area contributed by atoms with Gasteiger partial charge in [-0.3, -0.25) is 0 Å². The zero-order valence-electron chi connectivity index (χ0n) is 13.2. The van der Waals surface area contributed by atoms with Crippen molar-refractivity contribution in [2.24, 2.45) is 0 Å². The summed E-state index contributed by atoms with van der Waals surface area (Å²) in [5.41, 5.74) is 0. The molecule has 0 aromatic rings. The summed E-state index contributed by atoms with van der Waals surface area (Å²) in [6, 6.07) is 0.856. The Labute approximate surface area is 124 Å². The molecular weight excluding hydrogens is 276 g/mol. The van der Waals surface area contributed by atoms with Gasteiger partial charge in [0, 0.05) is 6.08 Å². The van der Waals surface area contributed by atoms with Crippen molar-refractivity contribution in [2.45, 2.75) is 65.4 Å². The third-order valence-corrected chi connectivity index (χ3v) is 3.80. The molecule has 0 spiro atoms. The van der Waals surface area contributed by atoms with Crippen LogP contribution >= 0.6 is 0 Å². The van der Waals surface area contributed by atoms with Crippen molar-refractivity contribution in [3.05, 3.63) is 12.7 Å². The van der Waals surface area contributed by atoms with Gasteiger partial charge in [-0.1, -0.05) is 6.58 Å². The lowest BCUT2D eigenvalue weighted by Crippen LogP contribution is -2.32. The van der Waals surface area contributed by atoms with E-state index < -0.39 is 15.5 Å². The molecule has 0 bridgehead atoms. The average Bonchev–Trinajstić information content (AvgIpc) is 2.32. The van der Waals surface area contributed by atoms with Gasteiger partial charge in [-0.05, 0) is 46.7 Å². The van der Waals surface area contributed by atoms with Crippen molar-refractivity contribution in [3.8, 4) is 0 Å². The van der Waals surface area contributed by atoms with E-state index in [1.807, 2.05) is 34.2 Å². The SMILES string of the molecule is C=CC(=O)OCCC[Si](C)OC(OC(C)C)OC(C)C. The van der Waals surface area contributed by atoms with Gasteiger partial charge < -0.3 is 18.6 Å². The number of hydrogen-bond donors (Lipinski definition) is 0. The molecule has 0 saturated heterocycles. The van der Waals surface area contributed by atoms with Crippen molar-refractivity contribution in [1.82, 2.24) is 0 Å². The summed E-state index contributed by atoms with van der Waals surface area (Å²) >= 11 is 0. The summed E-state index contributed by atoms with van der Waals surface area (Å²) in [6.07, 6.45) is 2.02. The summed E-state index contributed by atoms with van der Waals surface area (Å²) in [4.78, 5) is 10.9. The lowest BCUT2D eigenvalue weighted by atomic mass is 10.5. The second-order valence-electron chi connectivity index (χ2n) is 4.95. The molecule has 0 atom stereocenters. The van der Waals surface area contributed by atoms with E-state index >= 15 is 0 Å². The summed E-state index contributed by atoms with van der Waals surface area (Å²) in [7, 11) is -1.05. The van der Waals surface area contributed by atoms with Crippen molar-refractivity contribution in [1.29, 1.82) is 0 Å². The van der Waals surface area contributed by atoms with E-state index in [2.05, 4.69) is 6.58 Å². The molecule has 0 amide bonds. The first-order chi connectivity index (χ1) is 9.35. The Morgan fingerprint density at radius 3 is 2.20 bits per heavy atom. The van der Waals surface area contributed by atoms with Crippen molar-refractivity contribution >= 4 is 15.0 Å². The minimum atomic E-state index is -1.05. The highest BCUT2D eigenvalue weighted by molar-refractivity contribution is 6.50. The largest absolute Gasteiger partial charge is 0.463 e. The van der Waals surface area contributed by atoms with Crippen molar-refractivity contribution in [2.75, 3.05) is 6.61 Å². The Balaban J connectivity index is 3.95. The highest BCUT2D eigenvalue weighted by Crippen LogP contribution is 2.10. The minimum absolute atomic E-state index is 0.0436. The van der Waals surface area contributed by atoms with Crippen LogP contribution in [0.1, 0.15) is 34.1 Å². The third kappa shape index (κ3) is 11.2. The number of ether oxygens (including phenoxy) is 3. The van der Waals surface area contributed by atoms with Gasteiger partial charge in [-0.25, -0.2) is 4.79 Å². The third-order valence-electron chi connectivity index (χ3n) is 2.15. The van der Waals surface area contributed by atoms with Crippen LogP contribution in [0.2, 0.25) is 12.6 Å². The summed E-state index contributed by atoms with van der Waals surface area (Å²) < 4.78 is 21.9. The minimum Gasteiger partial charge on any atom is -0.463 e. The fourth-order valence-corrected chi connectivity index (χ4v) is 2.51. The lowest BCUT2D eigenvalue weighted by Gasteiger charge is -2.25. The van der Waals surface area contributed by atoms with Crippen LogP contribution in [-0.2, 0) is 23.4 Å². The molecule has 0 saturated carbocycles. The lowest BCUT2D eigenvalue weighted by molar-refractivity contribution is -0.277. The van der Waals surface area contributed by atoms with Crippen LogP contribution in [0.4, 0.5) is 0 Å². The Kier molecular flexibility index (Phi) is 10.6. The van der Waals surface area contributed by atoms with Gasteiger partial charge in [-0.15, -0.1) is 0 Å². The van der Waals surface area contributed by atoms with Gasteiger partial charge in [0.25, 0.3) is 6.48 Å². The van der Waals surface area contributed by atoms with Crippen molar-refractivity contribution < 1.29 is 23.4 Å². The molecule has 0 aliphatic rings. The monoisotopic (exact) mass is 303 g/mol. The van der Waals surface area contributed by atoms with Crippen molar-refractivity contribution in [3.63, 3.8) is 0 Å². The number of carbonyl (C=O) groups is 1. The van der Waals surface area contributed by atoms with Gasteiger partial charge in [0.05, 0.1) is 18.8 Å². The van der Waals surface area contributed by atoms with Crippen LogP contribution in [0, 0.1) is 0 Å². The maximum atomic E-state index is 10.9. The Morgan fingerprint density at radius 2 is 1.75 bits per heavy atom. The molecule has 0 aliphatic carbocycles. The van der Waals surface area contributed by atoms with Crippen LogP contribution in [0.15, 0.2) is 12.7 Å². The van der Waals surface area contributed by atoms with Crippen LogP contribution in [0.3, 0.4) is 0 Å². The first-order valence-corrected chi connectivity index (χ1v) is 9.05. The van der Waals surface area contributed by atoms with E-state index in [0.29, 0.717) is 6.61 Å². The van der Waals surface area contributed by atoms with Crippen LogP contribution < -0.4 is 0 Å². The Hall–Kier alpha value is -0.693. The molecule has 0 unspecified atom stereocenters. The van der Waals surface area contributed by atoms with Gasteiger partial charge in [0.15, 0.2) is 0 Å². The molecule has 20 heavy (non-hydrogen) atoms. The fourth-order valence-electron chi connectivity index (χ4n) is 1.31. The summed E-state index contributed by atoms with van der Waals surface area (Å²) in [6.45, 7) is 12.9. The quantitative estimate of drug-likeness (QED) is 0.193. The number of hydrogen-bond acceptors (Lipinski definition) is 5. The van der Waals surface area contributed by atoms with E-state index in [0.717, 1.165) is 18.5 Å². The number of esters is 1. The smallest absolute Gasteiger partial charge is 0.330 e. The van der Waals surface area contributed by atoms with E-state index in [-0.39, 0.29) is 18.2 Å². The molecule has 0 heterocycles. The fraction of sp³-hybridized carbons (Fsp3) is 0.786. The normalized spacial score (nSPS) is 11.7. The van der Waals surface area contributed by atoms with Gasteiger partial charge in [-0.2, -0.15) is 0 Å². The molecule has 0 aromatic heterocycles. The molecule has 0 aromatic carbocycles. The van der Waals surface area contributed by atoms with Gasteiger partial charge in [0.2, 0.25) is 9.04 Å². The molecule has 0 N–H and O–H groups in total. The molecule has 0 rings (SSSR count). The second kappa shape index (κ2) is 11.0. The molecule has 0 aliphatic heterocycles. The molecular formula is C14H27O5Si. The molecule has 5 nitrogen and oxygen atoms in total. The molecule has 117 valence electrons. The first kappa shape index (κ1) is 19.3. The highest BCUT2D eigenvalue weighted by Gasteiger charge is 2.18. The standard InChI is InChI=1S/C14H27O5Si/c1-7-13(15)16-9-8-10-20(6)19-14(17-11(2)3)18-12(4)5/h7,11-12,14H,1,8-10H2,2-6H3. The zero-order valence-corrected chi connectivity index (χ0v) is 14.2. The van der Waals surface area contributed by atoms with E-state index in [1.165, 1.54) is 0 Å². The van der Waals surface area contributed by atoms with Gasteiger partial charge >= 0.3 is 5.97 Å². The Bertz CT molecular complexity index is 271. The highest BCUT2D eigenvalue weighted by atomic mass is 28.3. The topological polar surface area (TPSA) is 54.0 Å². The summed E-state index contributed by atoms with van der Waals surface area (Å²) in [5, 5.41) is 0.